The molecule has 5 heteroatoms. The highest BCUT2D eigenvalue weighted by Gasteiger charge is 2.34. The van der Waals surface area contributed by atoms with Crippen molar-refractivity contribution in [3.63, 3.8) is 0 Å². The molecule has 0 saturated carbocycles. The zero-order valence-electron chi connectivity index (χ0n) is 11.6. The molecule has 0 unspecified atom stereocenters. The molecule has 2 aromatic heterocycles. The maximum absolute atomic E-state index is 13.4. The molecule has 0 aromatic carbocycles. The Kier molecular flexibility index (Phi) is 3.28. The number of hydrogen-bond acceptors (Lipinski definition) is 3. The molecule has 3 nitrogen and oxygen atoms in total. The first-order valence-electron chi connectivity index (χ1n) is 6.83. The van der Waals surface area contributed by atoms with Crippen molar-refractivity contribution in [3.8, 4) is 0 Å². The first-order chi connectivity index (χ1) is 9.58. The molecule has 1 fully saturated rings. The molecule has 0 bridgehead atoms. The minimum Gasteiger partial charge on any atom is -0.350 e. The van der Waals surface area contributed by atoms with Crippen molar-refractivity contribution in [1.29, 1.82) is 0 Å². The highest BCUT2D eigenvalue weighted by Crippen LogP contribution is 2.32. The van der Waals surface area contributed by atoms with E-state index < -0.39 is 12.3 Å². The van der Waals surface area contributed by atoms with E-state index in [1.807, 2.05) is 6.07 Å². The minimum atomic E-state index is -1.44. The van der Waals surface area contributed by atoms with E-state index in [0.29, 0.717) is 11.7 Å². The molecule has 106 valence electrons. The third kappa shape index (κ3) is 2.11. The zero-order chi connectivity index (χ0) is 14.3. The Labute approximate surface area is 116 Å². The highest BCUT2D eigenvalue weighted by molar-refractivity contribution is 5.94. The van der Waals surface area contributed by atoms with Gasteiger partial charge in [-0.05, 0) is 22.9 Å². The molecular weight excluding hydrogens is 260 g/mol. The van der Waals surface area contributed by atoms with E-state index in [0.717, 1.165) is 16.3 Å². The van der Waals surface area contributed by atoms with Gasteiger partial charge in [-0.2, -0.15) is 0 Å². The van der Waals surface area contributed by atoms with Crippen molar-refractivity contribution in [2.45, 2.75) is 32.1 Å². The van der Waals surface area contributed by atoms with Crippen LogP contribution in [0, 0.1) is 0 Å². The number of aromatic nitrogens is 2. The van der Waals surface area contributed by atoms with Gasteiger partial charge < -0.3 is 4.90 Å². The number of fused-ring (bicyclic) bond motifs is 1. The van der Waals surface area contributed by atoms with E-state index >= 15 is 0 Å². The second-order valence-corrected chi connectivity index (χ2v) is 5.55. The molecule has 0 radical (unpaired) electrons. The van der Waals surface area contributed by atoms with Crippen molar-refractivity contribution in [2.75, 3.05) is 18.0 Å². The average Bonchev–Trinajstić information content (AvgIpc) is 2.77. The fraction of sp³-hybridized carbons (Fsp3) is 0.467. The van der Waals surface area contributed by atoms with Crippen molar-refractivity contribution in [3.05, 3.63) is 30.2 Å². The Morgan fingerprint density at radius 2 is 1.85 bits per heavy atom. The average molecular weight is 277 g/mol. The van der Waals surface area contributed by atoms with E-state index in [2.05, 4.69) is 23.8 Å². The molecule has 0 aliphatic carbocycles. The number of halogens is 2. The van der Waals surface area contributed by atoms with Crippen molar-refractivity contribution >= 4 is 16.6 Å². The summed E-state index contributed by atoms with van der Waals surface area (Å²) in [6.07, 6.45) is 2.39. The molecule has 3 heterocycles. The van der Waals surface area contributed by atoms with Crippen LogP contribution in [0.4, 0.5) is 14.6 Å². The quantitative estimate of drug-likeness (QED) is 0.843. The number of anilines is 1. The molecule has 0 N–H and O–H groups in total. The van der Waals surface area contributed by atoms with Gasteiger partial charge in [0.25, 0.3) is 0 Å². The SMILES string of the molecule is CC(C)c1cnc(N2C[C@@H](F)[C@@H](F)C2)c2cnccc12. The van der Waals surface area contributed by atoms with Gasteiger partial charge >= 0.3 is 0 Å². The molecule has 1 aliphatic heterocycles. The molecule has 1 aliphatic rings. The summed E-state index contributed by atoms with van der Waals surface area (Å²) in [7, 11) is 0. The lowest BCUT2D eigenvalue weighted by molar-refractivity contribution is 0.217. The lowest BCUT2D eigenvalue weighted by Crippen LogP contribution is -2.22. The van der Waals surface area contributed by atoms with Crippen LogP contribution in [0.15, 0.2) is 24.7 Å². The normalized spacial score (nSPS) is 22.9. The summed E-state index contributed by atoms with van der Waals surface area (Å²) in [5, 5.41) is 1.91. The Bertz CT molecular complexity index is 620. The van der Waals surface area contributed by atoms with Gasteiger partial charge in [0.05, 0.1) is 13.1 Å². The van der Waals surface area contributed by atoms with E-state index in [4.69, 9.17) is 0 Å². The van der Waals surface area contributed by atoms with Crippen LogP contribution in [-0.4, -0.2) is 35.4 Å². The number of hydrogen-bond donors (Lipinski definition) is 0. The molecule has 2 atom stereocenters. The maximum atomic E-state index is 13.4. The first-order valence-corrected chi connectivity index (χ1v) is 6.83. The summed E-state index contributed by atoms with van der Waals surface area (Å²) in [6.45, 7) is 4.31. The molecule has 1 saturated heterocycles. The van der Waals surface area contributed by atoms with E-state index in [1.54, 1.807) is 23.5 Å². The maximum Gasteiger partial charge on any atom is 0.150 e. The van der Waals surface area contributed by atoms with Gasteiger partial charge in [0, 0.05) is 24.0 Å². The largest absolute Gasteiger partial charge is 0.350 e. The Morgan fingerprint density at radius 3 is 2.50 bits per heavy atom. The first kappa shape index (κ1) is 13.2. The zero-order valence-corrected chi connectivity index (χ0v) is 11.6. The smallest absolute Gasteiger partial charge is 0.150 e. The van der Waals surface area contributed by atoms with E-state index in [1.165, 1.54) is 0 Å². The van der Waals surface area contributed by atoms with Gasteiger partial charge in [-0.1, -0.05) is 13.8 Å². The van der Waals surface area contributed by atoms with Crippen LogP contribution < -0.4 is 4.90 Å². The summed E-state index contributed by atoms with van der Waals surface area (Å²) in [5.74, 6) is 0.961. The lowest BCUT2D eigenvalue weighted by atomic mass is 9.99. The fourth-order valence-electron chi connectivity index (χ4n) is 2.70. The van der Waals surface area contributed by atoms with Crippen LogP contribution in [0.2, 0.25) is 0 Å². The predicted molar refractivity (Wildman–Crippen MR) is 75.6 cm³/mol. The molecule has 3 rings (SSSR count). The van der Waals surface area contributed by atoms with Crippen molar-refractivity contribution in [1.82, 2.24) is 9.97 Å². The predicted octanol–water partition coefficient (Wildman–Crippen LogP) is 3.25. The summed E-state index contributed by atoms with van der Waals surface area (Å²) < 4.78 is 26.8. The van der Waals surface area contributed by atoms with Crippen LogP contribution in [0.3, 0.4) is 0 Å². The fourth-order valence-corrected chi connectivity index (χ4v) is 2.70. The van der Waals surface area contributed by atoms with Crippen LogP contribution in [0.1, 0.15) is 25.3 Å². The molecule has 0 spiro atoms. The van der Waals surface area contributed by atoms with Gasteiger partial charge in [0.1, 0.15) is 5.82 Å². The summed E-state index contributed by atoms with van der Waals surface area (Å²) >= 11 is 0. The monoisotopic (exact) mass is 277 g/mol. The molecular formula is C15H17F2N3. The Balaban J connectivity index is 2.11. The Hall–Kier alpha value is -1.78. The second-order valence-electron chi connectivity index (χ2n) is 5.55. The van der Waals surface area contributed by atoms with Crippen LogP contribution in [0.5, 0.6) is 0 Å². The number of rotatable bonds is 2. The number of nitrogens with zero attached hydrogens (tertiary/aromatic N) is 3. The van der Waals surface area contributed by atoms with Crippen molar-refractivity contribution < 1.29 is 8.78 Å². The number of pyridine rings is 2. The topological polar surface area (TPSA) is 29.0 Å². The lowest BCUT2D eigenvalue weighted by Gasteiger charge is -2.20. The van der Waals surface area contributed by atoms with Crippen LogP contribution in [0.25, 0.3) is 10.8 Å². The van der Waals surface area contributed by atoms with Gasteiger partial charge in [0.2, 0.25) is 0 Å². The summed E-state index contributed by atoms with van der Waals surface area (Å²) in [4.78, 5) is 10.2. The third-order valence-electron chi connectivity index (χ3n) is 3.80. The van der Waals surface area contributed by atoms with Crippen LogP contribution in [-0.2, 0) is 0 Å². The molecule has 0 amide bonds. The van der Waals surface area contributed by atoms with Gasteiger partial charge in [-0.3, -0.25) is 4.98 Å². The van der Waals surface area contributed by atoms with Crippen LogP contribution >= 0.6 is 0 Å². The standard InChI is InChI=1S/C15H17F2N3/c1-9(2)11-6-19-15(12-5-18-4-3-10(11)12)20-7-13(16)14(17)8-20/h3-6,9,13-14H,7-8H2,1-2H3/t13-,14+. The van der Waals surface area contributed by atoms with Gasteiger partial charge in [-0.25, -0.2) is 13.8 Å². The third-order valence-corrected chi connectivity index (χ3v) is 3.80. The summed E-state index contributed by atoms with van der Waals surface area (Å²) in [6, 6.07) is 1.94. The van der Waals surface area contributed by atoms with E-state index in [-0.39, 0.29) is 13.1 Å². The van der Waals surface area contributed by atoms with E-state index in [9.17, 15) is 8.78 Å². The molecule has 2 aromatic rings. The minimum absolute atomic E-state index is 0.0547. The highest BCUT2D eigenvalue weighted by atomic mass is 19.2. The van der Waals surface area contributed by atoms with Gasteiger partial charge in [-0.15, -0.1) is 0 Å². The molecule has 20 heavy (non-hydrogen) atoms. The number of alkyl halides is 2. The second kappa shape index (κ2) is 4.96. The van der Waals surface area contributed by atoms with Crippen molar-refractivity contribution in [2.24, 2.45) is 0 Å². The Morgan fingerprint density at radius 1 is 1.15 bits per heavy atom. The van der Waals surface area contributed by atoms with Gasteiger partial charge in [0.15, 0.2) is 12.3 Å². The summed E-state index contributed by atoms with van der Waals surface area (Å²) in [5.41, 5.74) is 1.12.